The number of hydrogen-bond acceptors (Lipinski definition) is 7. The first-order valence-electron chi connectivity index (χ1n) is 8.02. The van der Waals surface area contributed by atoms with Crippen LogP contribution < -0.4 is 15.0 Å². The average Bonchev–Trinajstić information content (AvgIpc) is 2.71. The Kier molecular flexibility index (Phi) is 5.46. The standard InChI is InChI=1S/C19H17N3O5/c1-25-14-8-9-17(26-2)13(11-14)7-10-18(23)27-12-22-19(24)15-5-3-4-6-16(15)20-21-22/h3-11H,12H2,1-2H3. The molecule has 0 saturated heterocycles. The van der Waals surface area contributed by atoms with Crippen LogP contribution in [0.3, 0.4) is 0 Å². The first-order valence-corrected chi connectivity index (χ1v) is 8.02. The molecule has 2 aromatic carbocycles. The van der Waals surface area contributed by atoms with Gasteiger partial charge in [0, 0.05) is 11.6 Å². The molecule has 0 fully saturated rings. The minimum absolute atomic E-state index is 0.338. The van der Waals surface area contributed by atoms with Gasteiger partial charge in [0.25, 0.3) is 5.56 Å². The van der Waals surface area contributed by atoms with Crippen molar-refractivity contribution in [1.29, 1.82) is 0 Å². The predicted octanol–water partition coefficient (Wildman–Crippen LogP) is 2.02. The molecule has 3 aromatic rings. The summed E-state index contributed by atoms with van der Waals surface area (Å²) in [4.78, 5) is 24.3. The Morgan fingerprint density at radius 1 is 1.15 bits per heavy atom. The van der Waals surface area contributed by atoms with Crippen molar-refractivity contribution < 1.29 is 19.0 Å². The quantitative estimate of drug-likeness (QED) is 0.486. The number of hydrogen-bond donors (Lipinski definition) is 0. The van der Waals surface area contributed by atoms with Gasteiger partial charge < -0.3 is 14.2 Å². The highest BCUT2D eigenvalue weighted by Crippen LogP contribution is 2.25. The predicted molar refractivity (Wildman–Crippen MR) is 98.5 cm³/mol. The van der Waals surface area contributed by atoms with E-state index in [0.717, 1.165) is 4.68 Å². The van der Waals surface area contributed by atoms with Crippen LogP contribution >= 0.6 is 0 Å². The zero-order valence-electron chi connectivity index (χ0n) is 14.8. The lowest BCUT2D eigenvalue weighted by Gasteiger charge is -2.07. The number of nitrogens with zero attached hydrogens (tertiary/aromatic N) is 3. The largest absolute Gasteiger partial charge is 0.497 e. The van der Waals surface area contributed by atoms with E-state index in [0.29, 0.717) is 28.0 Å². The van der Waals surface area contributed by atoms with Gasteiger partial charge in [-0.15, -0.1) is 5.10 Å². The van der Waals surface area contributed by atoms with E-state index in [9.17, 15) is 9.59 Å². The first-order chi connectivity index (χ1) is 13.1. The second-order valence-electron chi connectivity index (χ2n) is 5.44. The van der Waals surface area contributed by atoms with Gasteiger partial charge in [-0.2, -0.15) is 4.68 Å². The molecule has 1 heterocycles. The number of benzene rings is 2. The lowest BCUT2D eigenvalue weighted by Crippen LogP contribution is -2.26. The van der Waals surface area contributed by atoms with Crippen molar-refractivity contribution in [2.45, 2.75) is 6.73 Å². The Labute approximate surface area is 154 Å². The third kappa shape index (κ3) is 4.12. The van der Waals surface area contributed by atoms with Crippen molar-refractivity contribution in [1.82, 2.24) is 15.0 Å². The maximum absolute atomic E-state index is 12.3. The number of rotatable bonds is 6. The van der Waals surface area contributed by atoms with Crippen LogP contribution in [0.5, 0.6) is 11.5 Å². The molecule has 3 rings (SSSR count). The fourth-order valence-electron chi connectivity index (χ4n) is 2.41. The summed E-state index contributed by atoms with van der Waals surface area (Å²) in [5.74, 6) is 0.569. The minimum atomic E-state index is -0.637. The van der Waals surface area contributed by atoms with Crippen LogP contribution in [-0.4, -0.2) is 35.2 Å². The SMILES string of the molecule is COc1ccc(OC)c(C=CC(=O)OCn2nnc3ccccc3c2=O)c1. The fourth-order valence-corrected chi connectivity index (χ4v) is 2.41. The number of carbonyl (C=O) groups excluding carboxylic acids is 1. The topological polar surface area (TPSA) is 92.5 Å². The van der Waals surface area contributed by atoms with E-state index >= 15 is 0 Å². The highest BCUT2D eigenvalue weighted by molar-refractivity contribution is 5.87. The van der Waals surface area contributed by atoms with Crippen LogP contribution in [0.25, 0.3) is 17.0 Å². The van der Waals surface area contributed by atoms with Crippen molar-refractivity contribution in [2.75, 3.05) is 14.2 Å². The number of esters is 1. The van der Waals surface area contributed by atoms with Gasteiger partial charge in [-0.1, -0.05) is 17.3 Å². The average molecular weight is 367 g/mol. The van der Waals surface area contributed by atoms with E-state index in [1.807, 2.05) is 0 Å². The number of methoxy groups -OCH3 is 2. The second kappa shape index (κ2) is 8.13. The highest BCUT2D eigenvalue weighted by Gasteiger charge is 2.07. The Morgan fingerprint density at radius 2 is 1.96 bits per heavy atom. The van der Waals surface area contributed by atoms with Gasteiger partial charge in [0.05, 0.1) is 19.6 Å². The Morgan fingerprint density at radius 3 is 2.74 bits per heavy atom. The first kappa shape index (κ1) is 18.1. The normalized spacial score (nSPS) is 10.9. The molecule has 27 heavy (non-hydrogen) atoms. The number of fused-ring (bicyclic) bond motifs is 1. The van der Waals surface area contributed by atoms with Crippen LogP contribution in [0.2, 0.25) is 0 Å². The maximum atomic E-state index is 12.3. The lowest BCUT2D eigenvalue weighted by atomic mass is 10.1. The molecular formula is C19H17N3O5. The van der Waals surface area contributed by atoms with E-state index in [1.165, 1.54) is 13.2 Å². The molecule has 0 amide bonds. The van der Waals surface area contributed by atoms with E-state index in [2.05, 4.69) is 10.3 Å². The van der Waals surface area contributed by atoms with Crippen molar-refractivity contribution in [3.8, 4) is 11.5 Å². The molecule has 0 aliphatic rings. The monoisotopic (exact) mass is 367 g/mol. The van der Waals surface area contributed by atoms with E-state index in [4.69, 9.17) is 14.2 Å². The van der Waals surface area contributed by atoms with Crippen LogP contribution in [0, 0.1) is 0 Å². The van der Waals surface area contributed by atoms with Crippen molar-refractivity contribution in [3.63, 3.8) is 0 Å². The molecular weight excluding hydrogens is 350 g/mol. The van der Waals surface area contributed by atoms with Gasteiger partial charge in [0.1, 0.15) is 17.0 Å². The summed E-state index contributed by atoms with van der Waals surface area (Å²) < 4.78 is 16.5. The third-order valence-electron chi connectivity index (χ3n) is 3.79. The van der Waals surface area contributed by atoms with Crippen LogP contribution in [0.4, 0.5) is 0 Å². The molecule has 0 radical (unpaired) electrons. The number of ether oxygens (including phenoxy) is 3. The van der Waals surface area contributed by atoms with Gasteiger partial charge in [-0.05, 0) is 36.4 Å². The van der Waals surface area contributed by atoms with E-state index in [1.54, 1.807) is 55.7 Å². The van der Waals surface area contributed by atoms with Gasteiger partial charge in [0.15, 0.2) is 6.73 Å². The molecule has 0 unspecified atom stereocenters. The molecule has 0 bridgehead atoms. The highest BCUT2D eigenvalue weighted by atomic mass is 16.5. The Balaban J connectivity index is 1.71. The molecule has 8 nitrogen and oxygen atoms in total. The summed E-state index contributed by atoms with van der Waals surface area (Å²) in [5, 5.41) is 8.09. The summed E-state index contributed by atoms with van der Waals surface area (Å²) >= 11 is 0. The maximum Gasteiger partial charge on any atom is 0.332 e. The second-order valence-corrected chi connectivity index (χ2v) is 5.44. The van der Waals surface area contributed by atoms with Crippen LogP contribution in [0.1, 0.15) is 5.56 Å². The fraction of sp³-hybridized carbons (Fsp3) is 0.158. The lowest BCUT2D eigenvalue weighted by molar-refractivity contribution is -0.141. The minimum Gasteiger partial charge on any atom is -0.497 e. The molecule has 0 N–H and O–H groups in total. The summed E-state index contributed by atoms with van der Waals surface area (Å²) in [6.07, 6.45) is 2.77. The molecule has 8 heteroatoms. The van der Waals surface area contributed by atoms with Crippen molar-refractivity contribution in [2.24, 2.45) is 0 Å². The van der Waals surface area contributed by atoms with Crippen molar-refractivity contribution >= 4 is 22.9 Å². The smallest absolute Gasteiger partial charge is 0.332 e. The van der Waals surface area contributed by atoms with Gasteiger partial charge in [0.2, 0.25) is 0 Å². The summed E-state index contributed by atoms with van der Waals surface area (Å²) in [6, 6.07) is 12.0. The molecule has 1 aromatic heterocycles. The number of carbonyl (C=O) groups is 1. The van der Waals surface area contributed by atoms with Gasteiger partial charge >= 0.3 is 5.97 Å². The Hall–Kier alpha value is -3.68. The molecule has 0 aliphatic carbocycles. The molecule has 0 aliphatic heterocycles. The van der Waals surface area contributed by atoms with E-state index in [-0.39, 0.29) is 12.3 Å². The third-order valence-corrected chi connectivity index (χ3v) is 3.79. The van der Waals surface area contributed by atoms with Crippen LogP contribution in [-0.2, 0) is 16.3 Å². The van der Waals surface area contributed by atoms with Crippen LogP contribution in [0.15, 0.2) is 53.3 Å². The zero-order chi connectivity index (χ0) is 19.2. The summed E-state index contributed by atoms with van der Waals surface area (Å²) in [5.41, 5.74) is 0.749. The zero-order valence-corrected chi connectivity index (χ0v) is 14.8. The van der Waals surface area contributed by atoms with Gasteiger partial charge in [-0.3, -0.25) is 4.79 Å². The molecule has 0 atom stereocenters. The van der Waals surface area contributed by atoms with E-state index < -0.39 is 5.97 Å². The summed E-state index contributed by atoms with van der Waals surface area (Å²) in [7, 11) is 3.08. The van der Waals surface area contributed by atoms with Crippen molar-refractivity contribution in [3.05, 3.63) is 64.5 Å². The molecule has 0 spiro atoms. The number of aromatic nitrogens is 3. The molecule has 0 saturated carbocycles. The summed E-state index contributed by atoms with van der Waals surface area (Å²) in [6.45, 7) is -0.338. The Bertz CT molecular complexity index is 1060. The molecule has 138 valence electrons. The van der Waals surface area contributed by atoms with Gasteiger partial charge in [-0.25, -0.2) is 4.79 Å².